The van der Waals surface area contributed by atoms with Crippen LogP contribution in [0.3, 0.4) is 0 Å². The van der Waals surface area contributed by atoms with Crippen molar-refractivity contribution in [1.82, 2.24) is 4.98 Å². The summed E-state index contributed by atoms with van der Waals surface area (Å²) in [6.07, 6.45) is 1.68. The molecule has 0 aliphatic carbocycles. The second-order valence-electron chi connectivity index (χ2n) is 6.70. The number of alkyl halides is 2. The van der Waals surface area contributed by atoms with Crippen LogP contribution in [0.4, 0.5) is 8.78 Å². The van der Waals surface area contributed by atoms with Gasteiger partial charge in [-0.2, -0.15) is 8.78 Å². The quantitative estimate of drug-likeness (QED) is 0.556. The minimum atomic E-state index is -3.11. The lowest BCUT2D eigenvalue weighted by Crippen LogP contribution is -2.44. The van der Waals surface area contributed by atoms with Crippen LogP contribution in [0.1, 0.15) is 30.5 Å². The van der Waals surface area contributed by atoms with Gasteiger partial charge in [0.1, 0.15) is 5.54 Å². The smallest absolute Gasteiger partial charge is 0.271 e. The summed E-state index contributed by atoms with van der Waals surface area (Å²) in [7, 11) is 0. The van der Waals surface area contributed by atoms with Crippen LogP contribution in [-0.4, -0.2) is 16.2 Å². The van der Waals surface area contributed by atoms with Crippen LogP contribution in [-0.2, 0) is 5.92 Å². The summed E-state index contributed by atoms with van der Waals surface area (Å²) in [4.78, 5) is 8.84. The number of aromatic nitrogens is 1. The Bertz CT molecular complexity index is 1030. The van der Waals surface area contributed by atoms with Crippen molar-refractivity contribution in [2.24, 2.45) is 4.99 Å². The van der Waals surface area contributed by atoms with Gasteiger partial charge >= 0.3 is 0 Å². The van der Waals surface area contributed by atoms with E-state index in [2.05, 4.69) is 9.98 Å². The minimum Gasteiger partial charge on any atom is -0.271 e. The molecule has 0 atom stereocenters. The van der Waals surface area contributed by atoms with Crippen molar-refractivity contribution in [3.63, 3.8) is 0 Å². The normalized spacial score (nSPS) is 17.9. The maximum absolute atomic E-state index is 14.9. The van der Waals surface area contributed by atoms with Crippen LogP contribution < -0.4 is 0 Å². The van der Waals surface area contributed by atoms with Gasteiger partial charge in [-0.15, -0.1) is 0 Å². The van der Waals surface area contributed by atoms with Gasteiger partial charge in [-0.1, -0.05) is 35.9 Å². The van der Waals surface area contributed by atoms with Crippen LogP contribution in [0.5, 0.6) is 0 Å². The van der Waals surface area contributed by atoms with Crippen molar-refractivity contribution in [1.29, 1.82) is 0 Å². The van der Waals surface area contributed by atoms with Crippen molar-refractivity contribution in [3.8, 4) is 0 Å². The molecule has 2 aromatic carbocycles. The van der Waals surface area contributed by atoms with E-state index in [0.717, 1.165) is 10.9 Å². The van der Waals surface area contributed by atoms with Gasteiger partial charge in [0.25, 0.3) is 5.92 Å². The lowest BCUT2D eigenvalue weighted by atomic mass is 9.81. The Morgan fingerprint density at radius 1 is 1.00 bits per heavy atom. The number of hydrogen-bond donors (Lipinski definition) is 0. The fourth-order valence-electron chi connectivity index (χ4n) is 3.14. The van der Waals surface area contributed by atoms with E-state index < -0.39 is 11.5 Å². The Morgan fingerprint density at radius 3 is 2.56 bits per heavy atom. The Labute approximate surface area is 149 Å². The first kappa shape index (κ1) is 16.2. The second kappa shape index (κ2) is 5.33. The third kappa shape index (κ3) is 2.44. The predicted octanol–water partition coefficient (Wildman–Crippen LogP) is 5.61. The lowest BCUT2D eigenvalue weighted by molar-refractivity contribution is -0.0681. The van der Waals surface area contributed by atoms with Crippen molar-refractivity contribution in [2.75, 3.05) is 0 Å². The number of hydrogen-bond acceptors (Lipinski definition) is 2. The zero-order chi connectivity index (χ0) is 17.8. The third-order valence-corrected chi connectivity index (χ3v) is 4.83. The summed E-state index contributed by atoms with van der Waals surface area (Å²) in [6.45, 7) is 2.87. The van der Waals surface area contributed by atoms with E-state index in [9.17, 15) is 8.78 Å². The van der Waals surface area contributed by atoms with Crippen LogP contribution >= 0.6 is 11.6 Å². The molecule has 25 heavy (non-hydrogen) atoms. The van der Waals surface area contributed by atoms with Crippen molar-refractivity contribution < 1.29 is 8.78 Å². The van der Waals surface area contributed by atoms with Crippen molar-refractivity contribution in [3.05, 3.63) is 76.4 Å². The first-order chi connectivity index (χ1) is 11.8. The Kier molecular flexibility index (Phi) is 3.45. The van der Waals surface area contributed by atoms with E-state index in [0.29, 0.717) is 16.8 Å². The maximum Gasteiger partial charge on any atom is 0.298 e. The standard InChI is InChI=1S/C20H15ClF2N2/c1-19(2)20(22,23)16-10-14(21)7-8-15(16)18(25-19)13-9-12-5-3-4-6-17(12)24-11-13/h3-11H,1-2H3. The molecular formula is C20H15ClF2N2. The maximum atomic E-state index is 14.9. The Hall–Kier alpha value is -2.33. The summed E-state index contributed by atoms with van der Waals surface area (Å²) in [6, 6.07) is 14.2. The number of benzene rings is 2. The molecule has 0 spiro atoms. The molecular weight excluding hydrogens is 342 g/mol. The third-order valence-electron chi connectivity index (χ3n) is 4.60. The largest absolute Gasteiger partial charge is 0.298 e. The minimum absolute atomic E-state index is 0.0943. The van der Waals surface area contributed by atoms with Gasteiger partial charge in [0.2, 0.25) is 0 Å². The van der Waals surface area contributed by atoms with Gasteiger partial charge in [0.05, 0.1) is 11.2 Å². The van der Waals surface area contributed by atoms with Gasteiger partial charge in [-0.25, -0.2) is 0 Å². The molecule has 1 aliphatic rings. The molecule has 0 saturated carbocycles. The number of aliphatic imine (C=N–C) groups is 1. The van der Waals surface area contributed by atoms with E-state index >= 15 is 0 Å². The number of halogens is 3. The Balaban J connectivity index is 1.98. The van der Waals surface area contributed by atoms with E-state index in [1.165, 1.54) is 19.9 Å². The highest BCUT2D eigenvalue weighted by molar-refractivity contribution is 6.31. The molecule has 1 aliphatic heterocycles. The molecule has 2 heterocycles. The van der Waals surface area contributed by atoms with E-state index in [4.69, 9.17) is 11.6 Å². The summed E-state index contributed by atoms with van der Waals surface area (Å²) >= 11 is 5.98. The fourth-order valence-corrected chi connectivity index (χ4v) is 3.31. The van der Waals surface area contributed by atoms with Crippen molar-refractivity contribution in [2.45, 2.75) is 25.3 Å². The lowest BCUT2D eigenvalue weighted by Gasteiger charge is -2.37. The van der Waals surface area contributed by atoms with Crippen LogP contribution in [0, 0.1) is 0 Å². The van der Waals surface area contributed by atoms with Gasteiger partial charge in [0.15, 0.2) is 0 Å². The molecule has 0 N–H and O–H groups in total. The van der Waals surface area contributed by atoms with Gasteiger partial charge in [-0.3, -0.25) is 9.98 Å². The number of pyridine rings is 1. The molecule has 126 valence electrons. The summed E-state index contributed by atoms with van der Waals surface area (Å²) in [5, 5.41) is 1.22. The highest BCUT2D eigenvalue weighted by Gasteiger charge is 2.52. The predicted molar refractivity (Wildman–Crippen MR) is 96.8 cm³/mol. The first-order valence-electron chi connectivity index (χ1n) is 7.93. The first-order valence-corrected chi connectivity index (χ1v) is 8.31. The van der Waals surface area contributed by atoms with E-state index in [-0.39, 0.29) is 10.6 Å². The van der Waals surface area contributed by atoms with E-state index in [1.807, 2.05) is 30.3 Å². The topological polar surface area (TPSA) is 25.2 Å². The number of fused-ring (bicyclic) bond motifs is 2. The molecule has 3 aromatic rings. The molecule has 0 fully saturated rings. The number of para-hydroxylation sites is 1. The Morgan fingerprint density at radius 2 is 1.76 bits per heavy atom. The van der Waals surface area contributed by atoms with Crippen LogP contribution in [0.25, 0.3) is 10.9 Å². The molecule has 0 amide bonds. The van der Waals surface area contributed by atoms with Gasteiger partial charge in [-0.05, 0) is 38.1 Å². The average molecular weight is 357 g/mol. The molecule has 5 heteroatoms. The summed E-state index contributed by atoms with van der Waals surface area (Å²) in [5.74, 6) is -3.11. The zero-order valence-electron chi connectivity index (χ0n) is 13.7. The van der Waals surface area contributed by atoms with E-state index in [1.54, 1.807) is 18.3 Å². The molecule has 0 radical (unpaired) electrons. The van der Waals surface area contributed by atoms with Crippen LogP contribution in [0.2, 0.25) is 5.02 Å². The van der Waals surface area contributed by atoms with Crippen molar-refractivity contribution >= 4 is 28.2 Å². The number of rotatable bonds is 1. The second-order valence-corrected chi connectivity index (χ2v) is 7.14. The molecule has 0 bridgehead atoms. The average Bonchev–Trinajstić information content (AvgIpc) is 2.58. The highest BCUT2D eigenvalue weighted by atomic mass is 35.5. The SMILES string of the molecule is CC1(C)N=C(c2cnc3ccccc3c2)c2ccc(Cl)cc2C1(F)F. The summed E-state index contributed by atoms with van der Waals surface area (Å²) in [5.41, 5.74) is 0.801. The van der Waals surface area contributed by atoms with Gasteiger partial charge in [0, 0.05) is 33.3 Å². The molecule has 1 aromatic heterocycles. The zero-order valence-corrected chi connectivity index (χ0v) is 14.5. The monoisotopic (exact) mass is 356 g/mol. The molecule has 4 rings (SSSR count). The molecule has 2 nitrogen and oxygen atoms in total. The molecule has 0 saturated heterocycles. The summed E-state index contributed by atoms with van der Waals surface area (Å²) < 4.78 is 29.8. The van der Waals surface area contributed by atoms with Crippen LogP contribution in [0.15, 0.2) is 59.7 Å². The fraction of sp³-hybridized carbons (Fsp3) is 0.200. The number of nitrogens with zero attached hydrogens (tertiary/aromatic N) is 2. The highest BCUT2D eigenvalue weighted by Crippen LogP contribution is 2.47. The van der Waals surface area contributed by atoms with Gasteiger partial charge < -0.3 is 0 Å². The molecule has 0 unspecified atom stereocenters.